The first-order valence-electron chi connectivity index (χ1n) is 25.6. The van der Waals surface area contributed by atoms with Crippen molar-refractivity contribution in [2.45, 2.75) is 197 Å². The molecular weight excluding hydrogens is 903 g/mol. The topological polar surface area (TPSA) is 81.3 Å². The summed E-state index contributed by atoms with van der Waals surface area (Å²) in [7, 11) is 6.86. The van der Waals surface area contributed by atoms with Gasteiger partial charge in [-0.15, -0.1) is 11.9 Å². The predicted octanol–water partition coefficient (Wildman–Crippen LogP) is 15.7. The smallest absolute Gasteiger partial charge is 0.311 e. The van der Waals surface area contributed by atoms with E-state index >= 15 is 0 Å². The first kappa shape index (κ1) is 56.1. The third kappa shape index (κ3) is 12.4. The first-order valence-corrected chi connectivity index (χ1v) is 30.2. The highest BCUT2D eigenvalue weighted by Gasteiger charge is 2.63. The van der Waals surface area contributed by atoms with Gasteiger partial charge < -0.3 is 56.8 Å². The van der Waals surface area contributed by atoms with Gasteiger partial charge in [-0.3, -0.25) is 0 Å². The average Bonchev–Trinajstić information content (AvgIpc) is 4.13. The molecule has 8 rings (SSSR count). The molecule has 7 nitrogen and oxygen atoms in total. The predicted molar refractivity (Wildman–Crippen MR) is 297 cm³/mol. The van der Waals surface area contributed by atoms with Gasteiger partial charge in [-0.25, -0.2) is 19.7 Å². The lowest BCUT2D eigenvalue weighted by Crippen LogP contribution is -2.53. The van der Waals surface area contributed by atoms with Crippen LogP contribution in [0.4, 0.5) is 11.4 Å². The van der Waals surface area contributed by atoms with Crippen LogP contribution < -0.4 is 0 Å². The Morgan fingerprint density at radius 1 is 0.463 bits per heavy atom. The Labute approximate surface area is 423 Å². The number of para-hydroxylation sites is 2. The highest BCUT2D eigenvalue weighted by Crippen LogP contribution is 2.66. The Hall–Kier alpha value is -1.83. The van der Waals surface area contributed by atoms with Crippen LogP contribution in [0, 0.1) is 33.3 Å². The zero-order valence-electron chi connectivity index (χ0n) is 44.5. The summed E-state index contributed by atoms with van der Waals surface area (Å²) in [5.41, 5.74) is 9.58. The van der Waals surface area contributed by atoms with Crippen molar-refractivity contribution in [3.8, 4) is 11.9 Å². The van der Waals surface area contributed by atoms with E-state index in [1.165, 1.54) is 83.4 Å². The minimum absolute atomic E-state index is 0.193. The minimum Gasteiger partial charge on any atom is -0.381 e. The summed E-state index contributed by atoms with van der Waals surface area (Å²) >= 11 is 0. The summed E-state index contributed by atoms with van der Waals surface area (Å²) in [4.78, 5) is 0. The molecule has 6 aliphatic heterocycles. The Bertz CT molecular complexity index is 1930. The fraction of sp³-hybridized carbons (Fsp3) is 0.704. The summed E-state index contributed by atoms with van der Waals surface area (Å²) in [6.07, 6.45) is 9.57. The molecule has 6 aliphatic rings. The maximum atomic E-state index is 11.5. The normalized spacial score (nSPS) is 25.9. The van der Waals surface area contributed by atoms with Crippen LogP contribution in [0.3, 0.4) is 0 Å². The third-order valence-corrected chi connectivity index (χ3v) is 23.5. The largest absolute Gasteiger partial charge is 0.381 e. The second-order valence-corrected chi connectivity index (χ2v) is 29.9. The zero-order chi connectivity index (χ0) is 49.6. The van der Waals surface area contributed by atoms with Crippen molar-refractivity contribution < 1.29 is 23.4 Å². The van der Waals surface area contributed by atoms with Crippen molar-refractivity contribution in [2.24, 2.45) is 10.8 Å². The summed E-state index contributed by atoms with van der Waals surface area (Å²) in [6, 6.07) is 13.6. The van der Waals surface area contributed by atoms with Crippen LogP contribution in [0.2, 0.25) is 0 Å². The van der Waals surface area contributed by atoms with Gasteiger partial charge >= 0.3 is 9.41 Å². The van der Waals surface area contributed by atoms with Crippen molar-refractivity contribution >= 4 is 74.6 Å². The standard InChI is InChI=1S/C42H62B2N4S4.3C4H8O/c1-27(2)31-19-17-20-32(28(3)4)35(31)47-37(39(9,10)23-41(47,13)14)43(25-45)49-51-44(26-46,52-50-43)38-40(11,12)24-42(15,16)48(38)36-33(29(5)6)21-18-22-34(36)30(7)8;3*1-2-4-5-3-1/h17-22,27-30H,23-24H2,1-16H3;3*1-4H2. The average molecular weight is 989 g/mol. The first-order chi connectivity index (χ1) is 31.4. The van der Waals surface area contributed by atoms with Crippen LogP contribution in [-0.4, -0.2) is 80.5 Å². The Morgan fingerprint density at radius 2 is 0.701 bits per heavy atom. The summed E-state index contributed by atoms with van der Waals surface area (Å²) in [5, 5.41) is 23.0. The maximum absolute atomic E-state index is 11.5. The molecule has 4 saturated heterocycles. The maximum Gasteiger partial charge on any atom is 0.311 e. The molecule has 2 aromatic carbocycles. The van der Waals surface area contributed by atoms with Gasteiger partial charge in [0.05, 0.1) is 0 Å². The summed E-state index contributed by atoms with van der Waals surface area (Å²) < 4.78 is 16.4. The molecule has 4 fully saturated rings. The van der Waals surface area contributed by atoms with E-state index in [2.05, 4.69) is 168 Å². The molecule has 6 heterocycles. The molecule has 0 aliphatic carbocycles. The molecule has 0 amide bonds. The molecule has 0 bridgehead atoms. The number of ether oxygens (including phenoxy) is 3. The molecule has 0 spiro atoms. The van der Waals surface area contributed by atoms with Crippen LogP contribution in [0.5, 0.6) is 0 Å². The molecular formula is C54H86B2N4O3S4. The van der Waals surface area contributed by atoms with Crippen LogP contribution in [-0.2, 0) is 14.2 Å². The number of hydrogen-bond donors (Lipinski definition) is 0. The van der Waals surface area contributed by atoms with E-state index in [9.17, 15) is 10.5 Å². The second-order valence-electron chi connectivity index (χ2n) is 23.4. The van der Waals surface area contributed by atoms with E-state index in [0.29, 0.717) is 23.7 Å². The number of rotatable bonds is 8. The third-order valence-electron chi connectivity index (χ3n) is 14.2. The molecule has 67 heavy (non-hydrogen) atoms. The number of nitrogens with zero attached hydrogens (tertiary/aromatic N) is 4. The van der Waals surface area contributed by atoms with Crippen LogP contribution in [0.25, 0.3) is 0 Å². The van der Waals surface area contributed by atoms with E-state index < -0.39 is 9.41 Å². The quantitative estimate of drug-likeness (QED) is 0.146. The van der Waals surface area contributed by atoms with E-state index in [1.54, 1.807) is 42.6 Å². The molecule has 13 heteroatoms. The highest BCUT2D eigenvalue weighted by atomic mass is 33.2. The summed E-state index contributed by atoms with van der Waals surface area (Å²) in [5.74, 6) is 7.30. The Morgan fingerprint density at radius 3 is 0.881 bits per heavy atom. The van der Waals surface area contributed by atoms with Crippen molar-refractivity contribution in [1.29, 1.82) is 10.5 Å². The van der Waals surface area contributed by atoms with Gasteiger partial charge in [0.15, 0.2) is 11.1 Å². The second kappa shape index (κ2) is 23.2. The molecule has 0 unspecified atom stereocenters. The van der Waals surface area contributed by atoms with E-state index in [-0.39, 0.29) is 21.9 Å². The van der Waals surface area contributed by atoms with Gasteiger partial charge in [0, 0.05) is 124 Å². The lowest BCUT2D eigenvalue weighted by molar-refractivity contribution is -0.515. The number of hydrogen-bond acceptors (Lipinski definition) is 9. The van der Waals surface area contributed by atoms with Gasteiger partial charge in [-0.1, -0.05) is 119 Å². The van der Waals surface area contributed by atoms with Gasteiger partial charge in [0.1, 0.15) is 0 Å². The van der Waals surface area contributed by atoms with Gasteiger partial charge in [0.25, 0.3) is 0 Å². The van der Waals surface area contributed by atoms with Crippen LogP contribution in [0.15, 0.2) is 36.4 Å². The summed E-state index contributed by atoms with van der Waals surface area (Å²) in [6.45, 7) is 43.2. The number of nitriles is 2. The van der Waals surface area contributed by atoms with Gasteiger partial charge in [0.2, 0.25) is 11.4 Å². The molecule has 0 radical (unpaired) electrons. The van der Waals surface area contributed by atoms with E-state index in [1.807, 2.05) is 0 Å². The molecule has 0 saturated carbocycles. The van der Waals surface area contributed by atoms with Crippen LogP contribution >= 0.6 is 42.6 Å². The molecule has 0 aromatic heterocycles. The van der Waals surface area contributed by atoms with Crippen molar-refractivity contribution in [1.82, 2.24) is 0 Å². The van der Waals surface area contributed by atoms with Crippen LogP contribution in [0.1, 0.15) is 208 Å². The van der Waals surface area contributed by atoms with Gasteiger partial charge in [-0.05, 0) is 62.2 Å². The van der Waals surface area contributed by atoms with E-state index in [4.69, 9.17) is 14.2 Å². The molecule has 0 atom stereocenters. The number of benzene rings is 2. The fourth-order valence-corrected chi connectivity index (χ4v) is 22.3. The fourth-order valence-electron chi connectivity index (χ4n) is 11.8. The van der Waals surface area contributed by atoms with Crippen molar-refractivity contribution in [3.05, 3.63) is 58.7 Å². The zero-order valence-corrected chi connectivity index (χ0v) is 47.7. The van der Waals surface area contributed by atoms with Gasteiger partial charge in [-0.2, -0.15) is 0 Å². The minimum atomic E-state index is -1.83. The monoisotopic (exact) mass is 989 g/mol. The van der Waals surface area contributed by atoms with Crippen molar-refractivity contribution in [2.75, 3.05) is 39.6 Å². The molecule has 2 aromatic rings. The molecule has 0 N–H and O–H groups in total. The Balaban J connectivity index is 0.000000470. The lowest BCUT2D eigenvalue weighted by atomic mass is 9.59. The van der Waals surface area contributed by atoms with Crippen molar-refractivity contribution in [3.63, 3.8) is 0 Å². The highest BCUT2D eigenvalue weighted by molar-refractivity contribution is 9.25. The molecule has 370 valence electrons. The van der Waals surface area contributed by atoms with E-state index in [0.717, 1.165) is 52.5 Å². The lowest BCUT2D eigenvalue weighted by Gasteiger charge is -2.50. The Kier molecular flexibility index (Phi) is 19.4. The SMILES string of the molecule is C1CCOC1.C1CCOC1.C1CCOC1.CC(C)c1cccc(C(C)C)c1[N+]1=C([B-]2(C#N)SS[B-](C#N)(C3=[N+](c4c(C(C)C)cccc4C(C)C)C(C)(C)CC3(C)C)SS2)C(C)(C)CC1(C)C.